The molecule has 2 rings (SSSR count). The van der Waals surface area contributed by atoms with Gasteiger partial charge >= 0.3 is 0 Å². The summed E-state index contributed by atoms with van der Waals surface area (Å²) in [6, 6.07) is 3.67. The highest BCUT2D eigenvalue weighted by atomic mass is 32.2. The summed E-state index contributed by atoms with van der Waals surface area (Å²) >= 11 is 0. The normalized spacial score (nSPS) is 15.9. The van der Waals surface area contributed by atoms with E-state index in [0.717, 1.165) is 38.2 Å². The predicted molar refractivity (Wildman–Crippen MR) is 82.8 cm³/mol. The molecule has 1 saturated heterocycles. The Morgan fingerprint density at radius 1 is 1.52 bits per heavy atom. The van der Waals surface area contributed by atoms with Crippen LogP contribution in [0.4, 0.5) is 10.1 Å². The number of hydrogen-bond acceptors (Lipinski definition) is 6. The molecule has 0 atom stereocenters. The lowest BCUT2D eigenvalue weighted by molar-refractivity contribution is -0.0290. The van der Waals surface area contributed by atoms with E-state index >= 15 is 0 Å². The third-order valence-electron chi connectivity index (χ3n) is 3.72. The first-order valence-corrected chi connectivity index (χ1v) is 8.65. The molecule has 9 heteroatoms. The summed E-state index contributed by atoms with van der Waals surface area (Å²) in [4.78, 5) is 1.80. The zero-order valence-electron chi connectivity index (χ0n) is 12.8. The molecule has 0 aromatic heterocycles. The summed E-state index contributed by atoms with van der Waals surface area (Å²) in [6.07, 6.45) is 1.05. The summed E-state index contributed by atoms with van der Waals surface area (Å²) in [5.41, 5.74) is -0.0873. The van der Waals surface area contributed by atoms with Crippen LogP contribution < -0.4 is 10.5 Å². The second kappa shape index (κ2) is 7.23. The number of ether oxygens (including phenoxy) is 1. The fourth-order valence-corrected chi connectivity index (χ4v) is 2.93. The zero-order valence-corrected chi connectivity index (χ0v) is 13.6. The van der Waals surface area contributed by atoms with E-state index in [1.807, 2.05) is 0 Å². The van der Waals surface area contributed by atoms with E-state index in [0.29, 0.717) is 6.54 Å². The van der Waals surface area contributed by atoms with Crippen LogP contribution in [0.1, 0.15) is 12.0 Å². The number of halogens is 1. The van der Waals surface area contributed by atoms with Gasteiger partial charge in [-0.1, -0.05) is 0 Å². The highest BCUT2D eigenvalue weighted by molar-refractivity contribution is 7.89. The number of nitriles is 1. The second-order valence-corrected chi connectivity index (χ2v) is 6.94. The molecule has 3 N–H and O–H groups in total. The van der Waals surface area contributed by atoms with Crippen LogP contribution in [0, 0.1) is 17.1 Å². The van der Waals surface area contributed by atoms with E-state index < -0.39 is 20.7 Å². The van der Waals surface area contributed by atoms with Crippen LogP contribution in [0.5, 0.6) is 0 Å². The van der Waals surface area contributed by atoms with Crippen molar-refractivity contribution in [3.63, 3.8) is 0 Å². The van der Waals surface area contributed by atoms with Crippen molar-refractivity contribution < 1.29 is 17.5 Å². The average Bonchev–Trinajstić information content (AvgIpc) is 2.44. The molecule has 1 aromatic carbocycles. The summed E-state index contributed by atoms with van der Waals surface area (Å²) < 4.78 is 41.7. The van der Waals surface area contributed by atoms with Gasteiger partial charge in [0.05, 0.1) is 22.3 Å². The molecule has 1 heterocycles. The molecule has 0 saturated carbocycles. The van der Waals surface area contributed by atoms with Gasteiger partial charge in [-0.2, -0.15) is 5.26 Å². The van der Waals surface area contributed by atoms with Crippen molar-refractivity contribution in [1.82, 2.24) is 4.90 Å². The Labute approximate surface area is 134 Å². The first kappa shape index (κ1) is 17.6. The van der Waals surface area contributed by atoms with Crippen LogP contribution in [0.2, 0.25) is 0 Å². The van der Waals surface area contributed by atoms with Crippen LogP contribution in [-0.4, -0.2) is 52.7 Å². The largest absolute Gasteiger partial charge is 0.382 e. The molecule has 0 unspecified atom stereocenters. The number of nitrogens with zero attached hydrogens (tertiary/aromatic N) is 2. The molecule has 1 aliphatic heterocycles. The Morgan fingerprint density at radius 2 is 2.22 bits per heavy atom. The highest BCUT2D eigenvalue weighted by Gasteiger charge is 2.25. The minimum atomic E-state index is -4.05. The van der Waals surface area contributed by atoms with Gasteiger partial charge in [0.25, 0.3) is 0 Å². The van der Waals surface area contributed by atoms with E-state index in [4.69, 9.17) is 15.1 Å². The first-order valence-electron chi connectivity index (χ1n) is 7.10. The molecule has 7 nitrogen and oxygen atoms in total. The van der Waals surface area contributed by atoms with Crippen molar-refractivity contribution in [2.75, 3.05) is 38.6 Å². The quantitative estimate of drug-likeness (QED) is 0.698. The number of sulfonamides is 1. The maximum atomic E-state index is 14.0. The molecule has 0 spiro atoms. The van der Waals surface area contributed by atoms with E-state index in [1.165, 1.54) is 0 Å². The molecule has 0 aliphatic carbocycles. The second-order valence-electron chi connectivity index (χ2n) is 5.38. The number of rotatable bonds is 7. The zero-order chi connectivity index (χ0) is 17.0. The minimum absolute atomic E-state index is 0.00159. The van der Waals surface area contributed by atoms with Gasteiger partial charge in [0.15, 0.2) is 0 Å². The van der Waals surface area contributed by atoms with Gasteiger partial charge in [-0.15, -0.1) is 0 Å². The van der Waals surface area contributed by atoms with Gasteiger partial charge in [0, 0.05) is 33.3 Å². The van der Waals surface area contributed by atoms with Crippen LogP contribution in [0.15, 0.2) is 17.0 Å². The smallest absolute Gasteiger partial charge is 0.238 e. The molecule has 1 aromatic rings. The number of likely N-dealkylation sites (tertiary alicyclic amines) is 1. The number of hydrogen-bond donors (Lipinski definition) is 2. The van der Waals surface area contributed by atoms with Gasteiger partial charge in [-0.3, -0.25) is 4.90 Å². The van der Waals surface area contributed by atoms with Crippen LogP contribution >= 0.6 is 0 Å². The molecule has 126 valence electrons. The molecule has 0 bridgehead atoms. The maximum absolute atomic E-state index is 14.0. The van der Waals surface area contributed by atoms with Crippen molar-refractivity contribution in [2.24, 2.45) is 5.14 Å². The van der Waals surface area contributed by atoms with E-state index in [-0.39, 0.29) is 17.4 Å². The lowest BCUT2D eigenvalue weighted by Gasteiger charge is -2.38. The Balaban J connectivity index is 1.94. The predicted octanol–water partition coefficient (Wildman–Crippen LogP) is 0.477. The average molecular weight is 342 g/mol. The first-order chi connectivity index (χ1) is 10.8. The molecule has 1 fully saturated rings. The molecule has 0 radical (unpaired) electrons. The topological polar surface area (TPSA) is 108 Å². The van der Waals surface area contributed by atoms with Crippen molar-refractivity contribution in [3.05, 3.63) is 23.5 Å². The van der Waals surface area contributed by atoms with Gasteiger partial charge in [-0.25, -0.2) is 17.9 Å². The maximum Gasteiger partial charge on any atom is 0.238 e. The van der Waals surface area contributed by atoms with Crippen molar-refractivity contribution >= 4 is 15.7 Å². The van der Waals surface area contributed by atoms with Gasteiger partial charge in [0.1, 0.15) is 11.9 Å². The number of nitrogens with one attached hydrogen (secondary N) is 1. The number of primary sulfonamides is 1. The standard InChI is InChI=1S/C14H19FN4O3S/c1-22-11-8-19(9-11)4-2-3-18-14-10(7-16)5-12(6-13(14)15)23(17,20)21/h5-6,11,18H,2-4,8-9H2,1H3,(H2,17,20,21). The Bertz CT molecular complexity index is 711. The van der Waals surface area contributed by atoms with Crippen molar-refractivity contribution in [1.29, 1.82) is 5.26 Å². The molecular weight excluding hydrogens is 323 g/mol. The number of anilines is 1. The summed E-state index contributed by atoms with van der Waals surface area (Å²) in [5.74, 6) is -0.809. The van der Waals surface area contributed by atoms with Crippen LogP contribution in [-0.2, 0) is 14.8 Å². The number of methoxy groups -OCH3 is 1. The Morgan fingerprint density at radius 3 is 2.78 bits per heavy atom. The third-order valence-corrected chi connectivity index (χ3v) is 4.62. The highest BCUT2D eigenvalue weighted by Crippen LogP contribution is 2.23. The Kier molecular flexibility index (Phi) is 5.54. The van der Waals surface area contributed by atoms with Gasteiger partial charge in [0.2, 0.25) is 10.0 Å². The van der Waals surface area contributed by atoms with Gasteiger partial charge < -0.3 is 10.1 Å². The fourth-order valence-electron chi connectivity index (χ4n) is 2.38. The minimum Gasteiger partial charge on any atom is -0.382 e. The number of benzene rings is 1. The van der Waals surface area contributed by atoms with E-state index in [1.54, 1.807) is 13.2 Å². The molecular formula is C14H19FN4O3S. The van der Waals surface area contributed by atoms with Crippen LogP contribution in [0.3, 0.4) is 0 Å². The lowest BCUT2D eigenvalue weighted by Crippen LogP contribution is -2.52. The summed E-state index contributed by atoms with van der Waals surface area (Å²) in [5, 5.41) is 16.9. The van der Waals surface area contributed by atoms with Crippen LogP contribution in [0.25, 0.3) is 0 Å². The SMILES string of the molecule is COC1CN(CCCNc2c(F)cc(S(N)(=O)=O)cc2C#N)C1. The third kappa shape index (κ3) is 4.39. The van der Waals surface area contributed by atoms with Crippen molar-refractivity contribution in [3.8, 4) is 6.07 Å². The number of nitrogens with two attached hydrogens (primary N) is 1. The summed E-state index contributed by atoms with van der Waals surface area (Å²) in [6.45, 7) is 3.08. The molecule has 23 heavy (non-hydrogen) atoms. The lowest BCUT2D eigenvalue weighted by atomic mass is 10.1. The molecule has 1 aliphatic rings. The fraction of sp³-hybridized carbons (Fsp3) is 0.500. The van der Waals surface area contributed by atoms with E-state index in [9.17, 15) is 12.8 Å². The molecule has 0 amide bonds. The van der Waals surface area contributed by atoms with Crippen molar-refractivity contribution in [2.45, 2.75) is 17.4 Å². The van der Waals surface area contributed by atoms with Gasteiger partial charge in [-0.05, 0) is 18.6 Å². The Hall–Kier alpha value is -1.73. The van der Waals surface area contributed by atoms with E-state index in [2.05, 4.69) is 10.2 Å². The monoisotopic (exact) mass is 342 g/mol. The summed E-state index contributed by atoms with van der Waals surface area (Å²) in [7, 11) is -2.37.